The molecule has 0 saturated carbocycles. The molecule has 4 aromatic rings. The van der Waals surface area contributed by atoms with Gasteiger partial charge in [-0.3, -0.25) is 4.79 Å². The summed E-state index contributed by atoms with van der Waals surface area (Å²) in [5.74, 6) is 0.582. The smallest absolute Gasteiger partial charge is 0.169 e. The Morgan fingerprint density at radius 1 is 1.00 bits per heavy atom. The maximum Gasteiger partial charge on any atom is 0.169 e. The average molecular weight is 468 g/mol. The predicted molar refractivity (Wildman–Crippen MR) is 129 cm³/mol. The summed E-state index contributed by atoms with van der Waals surface area (Å²) in [6, 6.07) is 19.0. The fourth-order valence-electron chi connectivity index (χ4n) is 3.60. The van der Waals surface area contributed by atoms with Gasteiger partial charge in [-0.1, -0.05) is 65.7 Å². The van der Waals surface area contributed by atoms with E-state index >= 15 is 0 Å². The number of aryl methyl sites for hydroxylation is 1. The van der Waals surface area contributed by atoms with E-state index in [0.29, 0.717) is 41.2 Å². The van der Waals surface area contributed by atoms with Gasteiger partial charge in [0.1, 0.15) is 12.4 Å². The first-order valence-corrected chi connectivity index (χ1v) is 11.1. The molecule has 4 nitrogen and oxygen atoms in total. The Bertz CT molecular complexity index is 1230. The second-order valence-corrected chi connectivity index (χ2v) is 8.38. The largest absolute Gasteiger partial charge is 0.491 e. The number of aromatic amines is 1. The van der Waals surface area contributed by atoms with Crippen LogP contribution in [0.15, 0.2) is 66.9 Å². The second kappa shape index (κ2) is 10.2. The van der Waals surface area contributed by atoms with Crippen LogP contribution in [0.25, 0.3) is 10.9 Å². The van der Waals surface area contributed by atoms with Crippen LogP contribution in [-0.2, 0) is 17.8 Å². The lowest BCUT2D eigenvalue weighted by Crippen LogP contribution is -2.10. The number of benzene rings is 3. The van der Waals surface area contributed by atoms with Crippen molar-refractivity contribution in [1.29, 1.82) is 0 Å². The van der Waals surface area contributed by atoms with Crippen molar-refractivity contribution in [1.82, 2.24) is 4.98 Å². The number of hydrogen-bond acceptors (Lipinski definition) is 3. The SMILES string of the molecule is Cc1c(Cl)ccc2c(C(=O)Cc3ccc(Cl)cc3OCCOCc3ccccc3)c[nH]c12. The van der Waals surface area contributed by atoms with Gasteiger partial charge in [0.25, 0.3) is 0 Å². The highest BCUT2D eigenvalue weighted by Gasteiger charge is 2.17. The molecule has 3 aromatic carbocycles. The number of rotatable bonds is 9. The first-order valence-electron chi connectivity index (χ1n) is 10.3. The summed E-state index contributed by atoms with van der Waals surface area (Å²) in [4.78, 5) is 16.3. The van der Waals surface area contributed by atoms with Crippen molar-refractivity contribution in [2.45, 2.75) is 20.0 Å². The Morgan fingerprint density at radius 3 is 2.62 bits per heavy atom. The third-order valence-electron chi connectivity index (χ3n) is 5.33. The molecule has 0 unspecified atom stereocenters. The zero-order valence-electron chi connectivity index (χ0n) is 17.7. The van der Waals surface area contributed by atoms with Crippen molar-refractivity contribution in [3.8, 4) is 5.75 Å². The van der Waals surface area contributed by atoms with Crippen LogP contribution in [0, 0.1) is 6.92 Å². The lowest BCUT2D eigenvalue weighted by atomic mass is 10.0. The molecule has 0 spiro atoms. The summed E-state index contributed by atoms with van der Waals surface area (Å²) in [5, 5.41) is 2.09. The van der Waals surface area contributed by atoms with Gasteiger partial charge >= 0.3 is 0 Å². The van der Waals surface area contributed by atoms with E-state index in [1.165, 1.54) is 0 Å². The Morgan fingerprint density at radius 2 is 1.81 bits per heavy atom. The standard InChI is InChI=1S/C26H23Cl2NO3/c1-17-23(28)10-9-21-22(15-29-26(17)21)24(30)13-19-7-8-20(27)14-25(19)32-12-11-31-16-18-5-3-2-4-6-18/h2-10,14-15,29H,11-13,16H2,1H3. The summed E-state index contributed by atoms with van der Waals surface area (Å²) in [6.45, 7) is 3.24. The summed E-state index contributed by atoms with van der Waals surface area (Å²) in [7, 11) is 0. The summed E-state index contributed by atoms with van der Waals surface area (Å²) >= 11 is 12.4. The van der Waals surface area contributed by atoms with Crippen molar-refractivity contribution >= 4 is 39.9 Å². The number of fused-ring (bicyclic) bond motifs is 1. The molecular weight excluding hydrogens is 445 g/mol. The van der Waals surface area contributed by atoms with Crippen LogP contribution in [0.5, 0.6) is 5.75 Å². The highest BCUT2D eigenvalue weighted by Crippen LogP contribution is 2.29. The van der Waals surface area contributed by atoms with E-state index < -0.39 is 0 Å². The maximum atomic E-state index is 13.1. The van der Waals surface area contributed by atoms with Crippen molar-refractivity contribution < 1.29 is 14.3 Å². The molecule has 6 heteroatoms. The van der Waals surface area contributed by atoms with Crippen LogP contribution in [-0.4, -0.2) is 24.0 Å². The minimum absolute atomic E-state index is 0.00882. The number of ether oxygens (including phenoxy) is 2. The van der Waals surface area contributed by atoms with Crippen molar-refractivity contribution in [3.63, 3.8) is 0 Å². The van der Waals surface area contributed by atoms with Crippen LogP contribution < -0.4 is 4.74 Å². The maximum absolute atomic E-state index is 13.1. The van der Waals surface area contributed by atoms with E-state index in [2.05, 4.69) is 4.98 Å². The molecule has 1 N–H and O–H groups in total. The first-order chi connectivity index (χ1) is 15.5. The van der Waals surface area contributed by atoms with Gasteiger partial charge in [0.05, 0.1) is 18.7 Å². The van der Waals surface area contributed by atoms with Crippen LogP contribution >= 0.6 is 23.2 Å². The van der Waals surface area contributed by atoms with E-state index in [1.54, 1.807) is 18.3 Å². The zero-order valence-corrected chi connectivity index (χ0v) is 19.2. The Hall–Kier alpha value is -2.79. The van der Waals surface area contributed by atoms with Crippen LogP contribution in [0.3, 0.4) is 0 Å². The van der Waals surface area contributed by atoms with Crippen molar-refractivity contribution in [3.05, 3.63) is 99.2 Å². The van der Waals surface area contributed by atoms with E-state index in [0.717, 1.165) is 27.6 Å². The molecule has 0 saturated heterocycles. The molecule has 0 radical (unpaired) electrons. The van der Waals surface area contributed by atoms with Crippen molar-refractivity contribution in [2.24, 2.45) is 0 Å². The third kappa shape index (κ3) is 5.16. The molecule has 0 fully saturated rings. The number of carbonyl (C=O) groups is 1. The molecule has 4 rings (SSSR count). The van der Waals surface area contributed by atoms with Gasteiger partial charge < -0.3 is 14.5 Å². The van der Waals surface area contributed by atoms with Gasteiger partial charge in [-0.2, -0.15) is 0 Å². The van der Waals surface area contributed by atoms with E-state index in [-0.39, 0.29) is 12.2 Å². The number of carbonyl (C=O) groups excluding carboxylic acids is 1. The Kier molecular flexibility index (Phi) is 7.15. The summed E-state index contributed by atoms with van der Waals surface area (Å²) in [5.41, 5.74) is 4.32. The zero-order chi connectivity index (χ0) is 22.5. The van der Waals surface area contributed by atoms with E-state index in [4.69, 9.17) is 32.7 Å². The molecule has 0 aliphatic carbocycles. The van der Waals surface area contributed by atoms with Gasteiger partial charge in [0.15, 0.2) is 5.78 Å². The highest BCUT2D eigenvalue weighted by molar-refractivity contribution is 6.32. The predicted octanol–water partition coefficient (Wildman–Crippen LogP) is 6.80. The van der Waals surface area contributed by atoms with Gasteiger partial charge in [-0.15, -0.1) is 0 Å². The molecule has 164 valence electrons. The Balaban J connectivity index is 1.42. The number of hydrogen-bond donors (Lipinski definition) is 1. The topological polar surface area (TPSA) is 51.3 Å². The quantitative estimate of drug-likeness (QED) is 0.217. The summed E-state index contributed by atoms with van der Waals surface area (Å²) < 4.78 is 11.6. The Labute approximate surface area is 197 Å². The first kappa shape index (κ1) is 22.4. The van der Waals surface area contributed by atoms with Gasteiger partial charge in [-0.05, 0) is 36.2 Å². The lowest BCUT2D eigenvalue weighted by molar-refractivity contribution is 0.0883. The van der Waals surface area contributed by atoms with Gasteiger partial charge in [0.2, 0.25) is 0 Å². The molecule has 0 atom stereocenters. The number of nitrogens with one attached hydrogen (secondary N) is 1. The summed E-state index contributed by atoms with van der Waals surface area (Å²) in [6.07, 6.45) is 1.94. The van der Waals surface area contributed by atoms with E-state index in [9.17, 15) is 4.79 Å². The van der Waals surface area contributed by atoms with Crippen LogP contribution in [0.4, 0.5) is 0 Å². The minimum atomic E-state index is -0.00882. The fourth-order valence-corrected chi connectivity index (χ4v) is 3.92. The second-order valence-electron chi connectivity index (χ2n) is 7.54. The van der Waals surface area contributed by atoms with Gasteiger partial charge in [-0.25, -0.2) is 0 Å². The van der Waals surface area contributed by atoms with Crippen molar-refractivity contribution in [2.75, 3.05) is 13.2 Å². The number of ketones is 1. The van der Waals surface area contributed by atoms with Crippen LogP contribution in [0.2, 0.25) is 10.0 Å². The molecule has 1 heterocycles. The molecular formula is C26H23Cl2NO3. The molecule has 0 aliphatic rings. The van der Waals surface area contributed by atoms with Crippen LogP contribution in [0.1, 0.15) is 27.0 Å². The molecule has 1 aromatic heterocycles. The third-order valence-corrected chi connectivity index (χ3v) is 5.97. The molecule has 0 amide bonds. The molecule has 32 heavy (non-hydrogen) atoms. The normalized spacial score (nSPS) is 11.1. The number of aromatic nitrogens is 1. The van der Waals surface area contributed by atoms with E-state index in [1.807, 2.05) is 55.5 Å². The molecule has 0 bridgehead atoms. The molecule has 0 aliphatic heterocycles. The van der Waals surface area contributed by atoms with Gasteiger partial charge in [0, 0.05) is 39.2 Å². The minimum Gasteiger partial charge on any atom is -0.491 e. The fraction of sp³-hybridized carbons (Fsp3) is 0.192. The highest BCUT2D eigenvalue weighted by atomic mass is 35.5. The average Bonchev–Trinajstić information content (AvgIpc) is 3.23. The number of halogens is 2. The number of H-pyrrole nitrogens is 1. The number of Topliss-reactive ketones (excluding diaryl/α,β-unsaturated/α-hetero) is 1. The lowest BCUT2D eigenvalue weighted by Gasteiger charge is -2.12. The monoisotopic (exact) mass is 467 g/mol.